The van der Waals surface area contributed by atoms with Gasteiger partial charge in [0.1, 0.15) is 30.2 Å². The maximum absolute atomic E-state index is 11.9. The van der Waals surface area contributed by atoms with Gasteiger partial charge in [-0.25, -0.2) is 4.31 Å². The number of hydrogen-bond donors (Lipinski definition) is 5. The van der Waals surface area contributed by atoms with Gasteiger partial charge in [-0.15, -0.1) is 0 Å². The van der Waals surface area contributed by atoms with Crippen molar-refractivity contribution in [2.45, 2.75) is 44.2 Å². The van der Waals surface area contributed by atoms with E-state index in [0.29, 0.717) is 0 Å². The van der Waals surface area contributed by atoms with Crippen LogP contribution in [0.15, 0.2) is 6.20 Å². The number of aryl methyl sites for hydroxylation is 1. The number of aldehydes is 1. The fraction of sp³-hybridized carbons (Fsp3) is 0.571. The van der Waals surface area contributed by atoms with Crippen LogP contribution in [0.1, 0.15) is 21.6 Å². The third kappa shape index (κ3) is 8.93. The summed E-state index contributed by atoms with van der Waals surface area (Å²) in [6, 6.07) is 0. The number of carbonyl (C=O) groups excluding carboxylic acids is 1. The summed E-state index contributed by atoms with van der Waals surface area (Å²) < 4.78 is 41.0. The number of carbonyl (C=O) groups is 1. The van der Waals surface area contributed by atoms with E-state index in [1.807, 2.05) is 0 Å². The molecule has 0 radical (unpaired) electrons. The Morgan fingerprint density at radius 1 is 1.15 bits per heavy atom. The number of pyridine rings is 1. The summed E-state index contributed by atoms with van der Waals surface area (Å²) in [6.07, 6.45) is -8.48. The molecule has 1 aliphatic rings. The van der Waals surface area contributed by atoms with Crippen molar-refractivity contribution >= 4 is 21.9 Å². The zero-order chi connectivity index (χ0) is 23.6. The number of aliphatic hydroxyl groups is 4. The van der Waals surface area contributed by atoms with E-state index in [-0.39, 0.29) is 82.2 Å². The van der Waals surface area contributed by atoms with E-state index in [1.165, 1.54) is 6.92 Å². The molecule has 0 aliphatic carbocycles. The Kier molecular flexibility index (Phi) is 14.1. The first-order valence-electron chi connectivity index (χ1n) is 8.41. The standard InChI is InChI=1S/C14H21NO14P2.2Na/c1-6-10(18)8(3-16)7(2-15-6)5-26-30(22,23)29-31(24,25)28-14-13(21)12(20)11(19)9(4-17)27-14;;/h2-3,9,11-14,17-21H,4-5H2,1H3,(H,22,23)(H,24,25);;/q;2*+1/p-2/t9-,11+,12+,13-,14-;;/m1../s1. The van der Waals surface area contributed by atoms with E-state index in [4.69, 9.17) is 9.84 Å². The van der Waals surface area contributed by atoms with Crippen molar-refractivity contribution < 1.29 is 126 Å². The van der Waals surface area contributed by atoms with Gasteiger partial charge in [0.2, 0.25) is 0 Å². The maximum atomic E-state index is 11.9. The van der Waals surface area contributed by atoms with Gasteiger partial charge in [-0.3, -0.25) is 23.4 Å². The largest absolute Gasteiger partial charge is 1.00 e. The van der Waals surface area contributed by atoms with Crippen LogP contribution in [0.3, 0.4) is 0 Å². The zero-order valence-corrected chi connectivity index (χ0v) is 23.5. The van der Waals surface area contributed by atoms with Crippen molar-refractivity contribution in [3.63, 3.8) is 0 Å². The molecule has 15 nitrogen and oxygen atoms in total. The molecule has 1 aromatic rings. The van der Waals surface area contributed by atoms with Crippen LogP contribution in [0.4, 0.5) is 0 Å². The Bertz CT molecular complexity index is 905. The van der Waals surface area contributed by atoms with Gasteiger partial charge >= 0.3 is 59.1 Å². The van der Waals surface area contributed by atoms with Crippen LogP contribution in [0, 0.1) is 6.92 Å². The predicted molar refractivity (Wildman–Crippen MR) is 92.0 cm³/mol. The molecule has 0 saturated carbocycles. The third-order valence-electron chi connectivity index (χ3n) is 4.14. The van der Waals surface area contributed by atoms with Gasteiger partial charge in [0, 0.05) is 11.8 Å². The molecule has 0 spiro atoms. The quantitative estimate of drug-likeness (QED) is 0.112. The summed E-state index contributed by atoms with van der Waals surface area (Å²) in [4.78, 5) is 38.5. The first-order chi connectivity index (χ1) is 14.3. The number of aliphatic hydroxyl groups excluding tert-OH is 4. The fourth-order valence-electron chi connectivity index (χ4n) is 2.49. The first-order valence-corrected chi connectivity index (χ1v) is 11.3. The molecule has 1 saturated heterocycles. The number of aromatic nitrogens is 1. The average molecular weight is 533 g/mol. The SMILES string of the molecule is Cc1ncc(COP(=O)([O-])OP(=O)([O-])O[C@H]2O[C@H](CO)[C@H](O)[C@H](O)[C@H]2O)c(C=O)c1O.[Na+].[Na+]. The zero-order valence-electron chi connectivity index (χ0n) is 17.7. The summed E-state index contributed by atoms with van der Waals surface area (Å²) in [5.41, 5.74) is -0.465. The molecule has 176 valence electrons. The second-order valence-corrected chi connectivity index (χ2v) is 9.21. The van der Waals surface area contributed by atoms with Crippen molar-refractivity contribution in [2.24, 2.45) is 0 Å². The maximum Gasteiger partial charge on any atom is 1.00 e. The number of hydrogen-bond acceptors (Lipinski definition) is 15. The molecule has 33 heavy (non-hydrogen) atoms. The molecule has 1 aromatic heterocycles. The van der Waals surface area contributed by atoms with Gasteiger partial charge in [0.05, 0.1) is 24.5 Å². The molecule has 7 atom stereocenters. The van der Waals surface area contributed by atoms with E-state index in [2.05, 4.69) is 18.3 Å². The number of rotatable bonds is 9. The average Bonchev–Trinajstić information content (AvgIpc) is 2.68. The molecule has 0 amide bonds. The van der Waals surface area contributed by atoms with Crippen LogP contribution < -0.4 is 68.9 Å². The molecule has 5 N–H and O–H groups in total. The number of nitrogens with zero attached hydrogens (tertiary/aromatic N) is 1. The Morgan fingerprint density at radius 2 is 1.76 bits per heavy atom. The van der Waals surface area contributed by atoms with Crippen molar-refractivity contribution in [1.82, 2.24) is 4.98 Å². The van der Waals surface area contributed by atoms with Crippen LogP contribution in [-0.4, -0.2) is 74.1 Å². The molecule has 2 rings (SSSR count). The van der Waals surface area contributed by atoms with E-state index < -0.39 is 65.3 Å². The van der Waals surface area contributed by atoms with Gasteiger partial charge in [-0.1, -0.05) is 0 Å². The normalized spacial score (nSPS) is 28.5. The van der Waals surface area contributed by atoms with E-state index in [9.17, 15) is 44.1 Å². The summed E-state index contributed by atoms with van der Waals surface area (Å²) in [7, 11) is -11.5. The summed E-state index contributed by atoms with van der Waals surface area (Å²) in [6.45, 7) is -0.455. The monoisotopic (exact) mass is 533 g/mol. The number of phosphoric ester groups is 2. The second-order valence-electron chi connectivity index (χ2n) is 6.30. The van der Waals surface area contributed by atoms with E-state index in [1.54, 1.807) is 0 Å². The minimum Gasteiger partial charge on any atom is -0.756 e. The summed E-state index contributed by atoms with van der Waals surface area (Å²) in [5, 5.41) is 47.8. The van der Waals surface area contributed by atoms with Crippen molar-refractivity contribution in [3.05, 3.63) is 23.0 Å². The fourth-order valence-corrected chi connectivity index (χ4v) is 4.54. The smallest absolute Gasteiger partial charge is 0.756 e. The molecule has 1 fully saturated rings. The molecule has 0 aromatic carbocycles. The molecule has 2 unspecified atom stereocenters. The number of phosphoric acid groups is 2. The van der Waals surface area contributed by atoms with Crippen LogP contribution in [0.2, 0.25) is 0 Å². The number of aromatic hydroxyl groups is 1. The predicted octanol–water partition coefficient (Wildman–Crippen LogP) is -8.80. The van der Waals surface area contributed by atoms with Crippen LogP contribution in [0.5, 0.6) is 5.75 Å². The van der Waals surface area contributed by atoms with Gasteiger partial charge in [0.15, 0.2) is 12.6 Å². The van der Waals surface area contributed by atoms with Crippen LogP contribution >= 0.6 is 15.6 Å². The molecule has 0 bridgehead atoms. The molecular formula is C14H19NNa2O14P2. The van der Waals surface area contributed by atoms with Crippen molar-refractivity contribution in [3.8, 4) is 5.75 Å². The topological polar surface area (TPSA) is 248 Å². The van der Waals surface area contributed by atoms with Gasteiger partial charge in [-0.2, -0.15) is 0 Å². The summed E-state index contributed by atoms with van der Waals surface area (Å²) in [5.74, 6) is -0.529. The van der Waals surface area contributed by atoms with Crippen LogP contribution in [-0.2, 0) is 33.8 Å². The van der Waals surface area contributed by atoms with Crippen molar-refractivity contribution in [2.75, 3.05) is 6.61 Å². The van der Waals surface area contributed by atoms with Gasteiger partial charge in [-0.05, 0) is 6.92 Å². The molecule has 1 aliphatic heterocycles. The minimum absolute atomic E-state index is 0. The molecule has 19 heteroatoms. The Balaban J connectivity index is 0.00000512. The Morgan fingerprint density at radius 3 is 2.30 bits per heavy atom. The molecular weight excluding hydrogens is 514 g/mol. The van der Waals surface area contributed by atoms with Crippen LogP contribution in [0.25, 0.3) is 0 Å². The second kappa shape index (κ2) is 13.8. The van der Waals surface area contributed by atoms with Gasteiger partial charge in [0.25, 0.3) is 15.6 Å². The Labute approximate surface area is 231 Å². The Hall–Kier alpha value is 0.680. The van der Waals surface area contributed by atoms with Crippen molar-refractivity contribution in [1.29, 1.82) is 0 Å². The van der Waals surface area contributed by atoms with E-state index >= 15 is 0 Å². The third-order valence-corrected chi connectivity index (χ3v) is 6.65. The van der Waals surface area contributed by atoms with Gasteiger partial charge < -0.3 is 44.6 Å². The minimum atomic E-state index is -5.81. The summed E-state index contributed by atoms with van der Waals surface area (Å²) >= 11 is 0. The molecule has 2 heterocycles. The van der Waals surface area contributed by atoms with E-state index in [0.717, 1.165) is 6.20 Å². The first kappa shape index (κ1) is 33.7. The number of ether oxygens (including phenoxy) is 1.